The van der Waals surface area contributed by atoms with E-state index in [9.17, 15) is 18.0 Å². The van der Waals surface area contributed by atoms with Crippen molar-refractivity contribution < 1.29 is 22.7 Å². The SMILES string of the molecule is COc1ccc(Cl)cc1N(CC(=O)N(Cc1ccccc1)[C@H](C)C(=O)NCC(C)C)S(=O)(=O)c1ccc(C)cc1. The zero-order valence-electron chi connectivity index (χ0n) is 23.4. The summed E-state index contributed by atoms with van der Waals surface area (Å²) in [5.41, 5.74) is 1.80. The third-order valence-corrected chi connectivity index (χ3v) is 8.35. The van der Waals surface area contributed by atoms with Gasteiger partial charge in [0, 0.05) is 18.1 Å². The summed E-state index contributed by atoms with van der Waals surface area (Å²) in [6, 6.07) is 19.3. The minimum absolute atomic E-state index is 0.00487. The Bertz CT molecular complexity index is 1410. The van der Waals surface area contributed by atoms with Crippen molar-refractivity contribution in [3.05, 3.63) is 88.9 Å². The quantitative estimate of drug-likeness (QED) is 0.321. The number of hydrogen-bond donors (Lipinski definition) is 1. The molecular weight excluding hydrogens is 550 g/mol. The van der Waals surface area contributed by atoms with Crippen LogP contribution in [-0.4, -0.2) is 51.4 Å². The van der Waals surface area contributed by atoms with Crippen LogP contribution in [0.5, 0.6) is 5.75 Å². The number of ether oxygens (including phenoxy) is 1. The lowest BCUT2D eigenvalue weighted by molar-refractivity contribution is -0.139. The molecule has 0 saturated heterocycles. The second-order valence-corrected chi connectivity index (χ2v) is 12.3. The van der Waals surface area contributed by atoms with Gasteiger partial charge in [0.15, 0.2) is 0 Å². The number of methoxy groups -OCH3 is 1. The number of nitrogens with zero attached hydrogens (tertiary/aromatic N) is 2. The standard InChI is InChI=1S/C30H36ClN3O5S/c1-21(2)18-32-30(36)23(4)33(19-24-9-7-6-8-10-24)29(35)20-34(27-17-25(31)13-16-28(27)39-5)40(37,38)26-14-11-22(3)12-15-26/h6-17,21,23H,18-20H2,1-5H3,(H,32,36)/t23-/m1/s1. The first kappa shape index (κ1) is 31.0. The van der Waals surface area contributed by atoms with Crippen LogP contribution in [-0.2, 0) is 26.2 Å². The number of benzene rings is 3. The molecule has 0 unspecified atom stereocenters. The van der Waals surface area contributed by atoms with E-state index in [4.69, 9.17) is 16.3 Å². The topological polar surface area (TPSA) is 96.0 Å². The van der Waals surface area contributed by atoms with Gasteiger partial charge >= 0.3 is 0 Å². The highest BCUT2D eigenvalue weighted by Crippen LogP contribution is 2.35. The first-order valence-electron chi connectivity index (χ1n) is 13.0. The minimum Gasteiger partial charge on any atom is -0.495 e. The molecule has 0 fully saturated rings. The van der Waals surface area contributed by atoms with E-state index in [1.54, 1.807) is 31.2 Å². The van der Waals surface area contributed by atoms with E-state index in [2.05, 4.69) is 5.32 Å². The molecule has 3 aromatic rings. The summed E-state index contributed by atoms with van der Waals surface area (Å²) < 4.78 is 34.4. The van der Waals surface area contributed by atoms with Crippen molar-refractivity contribution in [3.8, 4) is 5.75 Å². The molecule has 0 aromatic heterocycles. The highest BCUT2D eigenvalue weighted by molar-refractivity contribution is 7.92. The maximum atomic E-state index is 14.0. The van der Waals surface area contributed by atoms with E-state index in [-0.39, 0.29) is 39.7 Å². The lowest BCUT2D eigenvalue weighted by Gasteiger charge is -2.32. The fraction of sp³-hybridized carbons (Fsp3) is 0.333. The maximum Gasteiger partial charge on any atom is 0.264 e. The molecule has 8 nitrogen and oxygen atoms in total. The highest BCUT2D eigenvalue weighted by atomic mass is 35.5. The molecule has 0 saturated carbocycles. The van der Waals surface area contributed by atoms with Crippen LogP contribution in [0, 0.1) is 12.8 Å². The molecule has 1 atom stereocenters. The predicted octanol–water partition coefficient (Wildman–Crippen LogP) is 5.04. The van der Waals surface area contributed by atoms with Gasteiger partial charge in [-0.15, -0.1) is 0 Å². The Morgan fingerprint density at radius 3 is 2.23 bits per heavy atom. The van der Waals surface area contributed by atoms with Crippen LogP contribution in [0.1, 0.15) is 31.9 Å². The second-order valence-electron chi connectivity index (χ2n) is 9.96. The molecule has 10 heteroatoms. The zero-order valence-corrected chi connectivity index (χ0v) is 25.0. The number of halogens is 1. The maximum absolute atomic E-state index is 14.0. The number of carbonyl (C=O) groups excluding carboxylic acids is 2. The molecule has 0 bridgehead atoms. The van der Waals surface area contributed by atoms with E-state index in [1.165, 1.54) is 30.2 Å². The number of amides is 2. The molecule has 40 heavy (non-hydrogen) atoms. The van der Waals surface area contributed by atoms with Crippen LogP contribution < -0.4 is 14.4 Å². The third kappa shape index (κ3) is 7.76. The number of nitrogens with one attached hydrogen (secondary N) is 1. The second kappa shape index (κ2) is 13.7. The number of anilines is 1. The van der Waals surface area contributed by atoms with Gasteiger partial charge in [-0.1, -0.05) is 73.5 Å². The van der Waals surface area contributed by atoms with Crippen LogP contribution in [0.15, 0.2) is 77.7 Å². The molecule has 1 N–H and O–H groups in total. The summed E-state index contributed by atoms with van der Waals surface area (Å²) >= 11 is 6.27. The molecule has 0 spiro atoms. The Labute approximate surface area is 241 Å². The van der Waals surface area contributed by atoms with Gasteiger partial charge in [-0.05, 0) is 55.7 Å². The lowest BCUT2D eigenvalue weighted by Crippen LogP contribution is -2.51. The zero-order chi connectivity index (χ0) is 29.4. The molecule has 3 aromatic carbocycles. The molecular formula is C30H36ClN3O5S. The van der Waals surface area contributed by atoms with E-state index in [0.29, 0.717) is 6.54 Å². The molecule has 0 heterocycles. The Kier molecular flexibility index (Phi) is 10.6. The highest BCUT2D eigenvalue weighted by Gasteiger charge is 2.34. The first-order chi connectivity index (χ1) is 18.9. The Hall–Kier alpha value is -3.56. The van der Waals surface area contributed by atoms with Gasteiger partial charge in [0.05, 0.1) is 17.7 Å². The van der Waals surface area contributed by atoms with Crippen molar-refractivity contribution in [1.29, 1.82) is 0 Å². The third-order valence-electron chi connectivity index (χ3n) is 6.35. The largest absolute Gasteiger partial charge is 0.495 e. The summed E-state index contributed by atoms with van der Waals surface area (Å²) in [5.74, 6) is -0.440. The number of carbonyl (C=O) groups is 2. The van der Waals surface area contributed by atoms with Crippen LogP contribution in [0.3, 0.4) is 0 Å². The van der Waals surface area contributed by atoms with E-state index in [1.807, 2.05) is 51.1 Å². The molecule has 0 radical (unpaired) electrons. The van der Waals surface area contributed by atoms with Crippen LogP contribution >= 0.6 is 11.6 Å². The minimum atomic E-state index is -4.24. The van der Waals surface area contributed by atoms with Gasteiger partial charge in [0.25, 0.3) is 10.0 Å². The van der Waals surface area contributed by atoms with Gasteiger partial charge in [-0.3, -0.25) is 13.9 Å². The normalized spacial score (nSPS) is 12.1. The number of sulfonamides is 1. The Morgan fingerprint density at radius 2 is 1.62 bits per heavy atom. The van der Waals surface area contributed by atoms with Crippen molar-refractivity contribution in [3.63, 3.8) is 0 Å². The van der Waals surface area contributed by atoms with Crippen LogP contribution in [0.25, 0.3) is 0 Å². The molecule has 0 aliphatic carbocycles. The predicted molar refractivity (Wildman–Crippen MR) is 158 cm³/mol. The number of hydrogen-bond acceptors (Lipinski definition) is 5. The molecule has 3 rings (SSSR count). The lowest BCUT2D eigenvalue weighted by atomic mass is 10.1. The van der Waals surface area contributed by atoms with E-state index >= 15 is 0 Å². The van der Waals surface area contributed by atoms with E-state index in [0.717, 1.165) is 15.4 Å². The van der Waals surface area contributed by atoms with Gasteiger partial charge < -0.3 is 15.0 Å². The monoisotopic (exact) mass is 585 g/mol. The molecule has 2 amide bonds. The van der Waals surface area contributed by atoms with Crippen LogP contribution in [0.2, 0.25) is 5.02 Å². The van der Waals surface area contributed by atoms with Gasteiger partial charge in [0.2, 0.25) is 11.8 Å². The van der Waals surface area contributed by atoms with Crippen molar-refractivity contribution in [2.75, 3.05) is 24.5 Å². The summed E-state index contributed by atoms with van der Waals surface area (Å²) in [7, 11) is -2.83. The average molecular weight is 586 g/mol. The fourth-order valence-corrected chi connectivity index (χ4v) is 5.61. The number of rotatable bonds is 12. The summed E-state index contributed by atoms with van der Waals surface area (Å²) in [6.45, 7) is 7.42. The van der Waals surface area contributed by atoms with Gasteiger partial charge in [0.1, 0.15) is 18.3 Å². The fourth-order valence-electron chi connectivity index (χ4n) is 4.02. The van der Waals surface area contributed by atoms with Crippen molar-refractivity contribution >= 4 is 39.1 Å². The number of aryl methyl sites for hydroxylation is 1. The van der Waals surface area contributed by atoms with Crippen LogP contribution in [0.4, 0.5) is 5.69 Å². The van der Waals surface area contributed by atoms with E-state index < -0.39 is 28.5 Å². The van der Waals surface area contributed by atoms with Crippen molar-refractivity contribution in [2.24, 2.45) is 5.92 Å². The Morgan fingerprint density at radius 1 is 0.975 bits per heavy atom. The molecule has 214 valence electrons. The molecule has 0 aliphatic heterocycles. The summed E-state index contributed by atoms with van der Waals surface area (Å²) in [4.78, 5) is 28.5. The van der Waals surface area contributed by atoms with Gasteiger partial charge in [-0.2, -0.15) is 0 Å². The first-order valence-corrected chi connectivity index (χ1v) is 14.8. The molecule has 0 aliphatic rings. The summed E-state index contributed by atoms with van der Waals surface area (Å²) in [6.07, 6.45) is 0. The smallest absolute Gasteiger partial charge is 0.264 e. The Balaban J connectivity index is 2.07. The van der Waals surface area contributed by atoms with Gasteiger partial charge in [-0.25, -0.2) is 8.42 Å². The van der Waals surface area contributed by atoms with Crippen molar-refractivity contribution in [1.82, 2.24) is 10.2 Å². The summed E-state index contributed by atoms with van der Waals surface area (Å²) in [5, 5.41) is 3.15. The van der Waals surface area contributed by atoms with Crippen molar-refractivity contribution in [2.45, 2.75) is 45.2 Å². The average Bonchev–Trinajstić information content (AvgIpc) is 2.93.